The number of hydrogen-bond acceptors (Lipinski definition) is 3. The van der Waals surface area contributed by atoms with E-state index in [1.54, 1.807) is 6.92 Å². The molecule has 0 fully saturated rings. The molecule has 0 saturated heterocycles. The van der Waals surface area contributed by atoms with Gasteiger partial charge in [0.1, 0.15) is 12.0 Å². The van der Waals surface area contributed by atoms with Crippen molar-refractivity contribution in [3.05, 3.63) is 23.9 Å². The Kier molecular flexibility index (Phi) is 1.76. The SMILES string of the molecule is CC1=COC=C(O)CC1=O. The zero-order valence-corrected chi connectivity index (χ0v) is 5.63. The summed E-state index contributed by atoms with van der Waals surface area (Å²) in [5.41, 5.74) is 0.528. The quantitative estimate of drug-likeness (QED) is 0.551. The Balaban J connectivity index is 2.78. The molecular formula is C7H8O3. The van der Waals surface area contributed by atoms with Crippen LogP contribution in [0.4, 0.5) is 0 Å². The molecule has 0 spiro atoms. The van der Waals surface area contributed by atoms with Gasteiger partial charge in [-0.2, -0.15) is 0 Å². The summed E-state index contributed by atoms with van der Waals surface area (Å²) in [7, 11) is 0. The van der Waals surface area contributed by atoms with Crippen LogP contribution in [0.5, 0.6) is 0 Å². The molecule has 1 aliphatic heterocycles. The number of Topliss-reactive ketones (excluding diaryl/α,β-unsaturated/α-hetero) is 1. The number of aliphatic hydroxyl groups excluding tert-OH is 1. The monoisotopic (exact) mass is 140 g/mol. The molecule has 0 amide bonds. The van der Waals surface area contributed by atoms with Crippen molar-refractivity contribution >= 4 is 5.78 Å². The summed E-state index contributed by atoms with van der Waals surface area (Å²) in [5, 5.41) is 8.86. The molecule has 0 aromatic carbocycles. The van der Waals surface area contributed by atoms with Gasteiger partial charge in [0.15, 0.2) is 5.78 Å². The van der Waals surface area contributed by atoms with Gasteiger partial charge in [-0.05, 0) is 6.92 Å². The van der Waals surface area contributed by atoms with Crippen LogP contribution in [0.15, 0.2) is 23.9 Å². The largest absolute Gasteiger partial charge is 0.509 e. The van der Waals surface area contributed by atoms with Gasteiger partial charge in [-0.3, -0.25) is 4.79 Å². The van der Waals surface area contributed by atoms with Gasteiger partial charge in [0.05, 0.1) is 12.7 Å². The third kappa shape index (κ3) is 1.37. The van der Waals surface area contributed by atoms with Crippen molar-refractivity contribution in [2.45, 2.75) is 13.3 Å². The fraction of sp³-hybridized carbons (Fsp3) is 0.286. The van der Waals surface area contributed by atoms with Gasteiger partial charge in [0, 0.05) is 5.57 Å². The highest BCUT2D eigenvalue weighted by Crippen LogP contribution is 2.09. The lowest BCUT2D eigenvalue weighted by Gasteiger charge is -1.92. The van der Waals surface area contributed by atoms with Crippen molar-refractivity contribution in [3.63, 3.8) is 0 Å². The summed E-state index contributed by atoms with van der Waals surface area (Å²) in [5.74, 6) is -0.135. The van der Waals surface area contributed by atoms with E-state index < -0.39 is 0 Å². The normalized spacial score (nSPS) is 18.7. The van der Waals surface area contributed by atoms with Crippen LogP contribution < -0.4 is 0 Å². The summed E-state index contributed by atoms with van der Waals surface area (Å²) in [6.07, 6.45) is 2.53. The van der Waals surface area contributed by atoms with Gasteiger partial charge in [-0.25, -0.2) is 0 Å². The van der Waals surface area contributed by atoms with E-state index in [1.807, 2.05) is 0 Å². The van der Waals surface area contributed by atoms with Crippen molar-refractivity contribution in [2.24, 2.45) is 0 Å². The molecule has 0 radical (unpaired) electrons. The molecule has 1 heterocycles. The molecule has 0 saturated carbocycles. The smallest absolute Gasteiger partial charge is 0.169 e. The number of carbonyl (C=O) groups excluding carboxylic acids is 1. The lowest BCUT2D eigenvalue weighted by atomic mass is 10.1. The average Bonchev–Trinajstić information content (AvgIpc) is 1.96. The van der Waals surface area contributed by atoms with E-state index in [1.165, 1.54) is 6.26 Å². The van der Waals surface area contributed by atoms with Crippen LogP contribution in [-0.2, 0) is 9.53 Å². The molecular weight excluding hydrogens is 132 g/mol. The molecule has 0 bridgehead atoms. The maximum atomic E-state index is 10.9. The second kappa shape index (κ2) is 2.56. The van der Waals surface area contributed by atoms with Crippen LogP contribution in [0.25, 0.3) is 0 Å². The number of hydrogen-bond donors (Lipinski definition) is 1. The molecule has 0 aromatic rings. The van der Waals surface area contributed by atoms with Crippen molar-refractivity contribution < 1.29 is 14.6 Å². The number of aliphatic hydroxyl groups is 1. The Labute approximate surface area is 58.6 Å². The van der Waals surface area contributed by atoms with E-state index in [-0.39, 0.29) is 18.0 Å². The highest BCUT2D eigenvalue weighted by Gasteiger charge is 2.10. The molecule has 0 unspecified atom stereocenters. The van der Waals surface area contributed by atoms with Gasteiger partial charge < -0.3 is 9.84 Å². The van der Waals surface area contributed by atoms with Crippen LogP contribution in [0.3, 0.4) is 0 Å². The third-order valence-corrected chi connectivity index (χ3v) is 1.23. The van der Waals surface area contributed by atoms with Crippen LogP contribution in [0.2, 0.25) is 0 Å². The number of carbonyl (C=O) groups is 1. The van der Waals surface area contributed by atoms with Gasteiger partial charge in [-0.15, -0.1) is 0 Å². The van der Waals surface area contributed by atoms with Gasteiger partial charge >= 0.3 is 0 Å². The minimum absolute atomic E-state index is 0.0295. The summed E-state index contributed by atoms with van der Waals surface area (Å²) in [4.78, 5) is 10.9. The van der Waals surface area contributed by atoms with E-state index in [0.717, 1.165) is 6.26 Å². The lowest BCUT2D eigenvalue weighted by molar-refractivity contribution is -0.115. The third-order valence-electron chi connectivity index (χ3n) is 1.23. The van der Waals surface area contributed by atoms with Crippen molar-refractivity contribution in [1.29, 1.82) is 0 Å². The number of rotatable bonds is 0. The van der Waals surface area contributed by atoms with Gasteiger partial charge in [-0.1, -0.05) is 0 Å². The molecule has 3 heteroatoms. The summed E-state index contributed by atoms with van der Waals surface area (Å²) in [6, 6.07) is 0. The minimum Gasteiger partial charge on any atom is -0.509 e. The summed E-state index contributed by atoms with van der Waals surface area (Å²) in [6.45, 7) is 1.65. The first-order valence-corrected chi connectivity index (χ1v) is 2.93. The Hall–Kier alpha value is -1.25. The average molecular weight is 140 g/mol. The van der Waals surface area contributed by atoms with E-state index in [0.29, 0.717) is 5.57 Å². The number of allylic oxidation sites excluding steroid dienone is 2. The zero-order chi connectivity index (χ0) is 7.56. The molecule has 0 aliphatic carbocycles. The van der Waals surface area contributed by atoms with Crippen LogP contribution in [0.1, 0.15) is 13.3 Å². The van der Waals surface area contributed by atoms with Crippen molar-refractivity contribution in [3.8, 4) is 0 Å². The van der Waals surface area contributed by atoms with Crippen molar-refractivity contribution in [1.82, 2.24) is 0 Å². The fourth-order valence-electron chi connectivity index (χ4n) is 0.626. The van der Waals surface area contributed by atoms with Crippen LogP contribution in [-0.4, -0.2) is 10.9 Å². The second-order valence-electron chi connectivity index (χ2n) is 2.15. The Morgan fingerprint density at radius 1 is 1.60 bits per heavy atom. The Morgan fingerprint density at radius 2 is 2.30 bits per heavy atom. The Morgan fingerprint density at radius 3 is 3.00 bits per heavy atom. The first-order chi connectivity index (χ1) is 4.70. The lowest BCUT2D eigenvalue weighted by Crippen LogP contribution is -1.98. The molecule has 10 heavy (non-hydrogen) atoms. The molecule has 1 aliphatic rings. The molecule has 3 nitrogen and oxygen atoms in total. The summed E-state index contributed by atoms with van der Waals surface area (Å²) < 4.78 is 4.69. The van der Waals surface area contributed by atoms with Crippen molar-refractivity contribution in [2.75, 3.05) is 0 Å². The highest BCUT2D eigenvalue weighted by molar-refractivity contribution is 5.95. The number of ketones is 1. The van der Waals surface area contributed by atoms with E-state index in [9.17, 15) is 4.79 Å². The highest BCUT2D eigenvalue weighted by atomic mass is 16.5. The van der Waals surface area contributed by atoms with Crippen LogP contribution >= 0.6 is 0 Å². The maximum absolute atomic E-state index is 10.9. The van der Waals surface area contributed by atoms with E-state index in [4.69, 9.17) is 9.84 Å². The fourth-order valence-corrected chi connectivity index (χ4v) is 0.626. The Bertz CT molecular complexity index is 213. The first-order valence-electron chi connectivity index (χ1n) is 2.93. The zero-order valence-electron chi connectivity index (χ0n) is 5.63. The van der Waals surface area contributed by atoms with Gasteiger partial charge in [0.2, 0.25) is 0 Å². The van der Waals surface area contributed by atoms with E-state index >= 15 is 0 Å². The summed E-state index contributed by atoms with van der Waals surface area (Å²) >= 11 is 0. The first kappa shape index (κ1) is 6.86. The molecule has 1 N–H and O–H groups in total. The molecule has 54 valence electrons. The standard InChI is InChI=1S/C7H8O3/c1-5-3-10-4-6(8)2-7(5)9/h3-4,8H,2H2,1H3. The predicted molar refractivity (Wildman–Crippen MR) is 35.2 cm³/mol. The number of ether oxygens (including phenoxy) is 1. The molecule has 0 aromatic heterocycles. The maximum Gasteiger partial charge on any atom is 0.169 e. The predicted octanol–water partition coefficient (Wildman–Crippen LogP) is 1.28. The van der Waals surface area contributed by atoms with Crippen LogP contribution in [0, 0.1) is 0 Å². The van der Waals surface area contributed by atoms with E-state index in [2.05, 4.69) is 0 Å². The minimum atomic E-state index is -0.105. The molecule has 1 rings (SSSR count). The second-order valence-corrected chi connectivity index (χ2v) is 2.15. The van der Waals surface area contributed by atoms with Gasteiger partial charge in [0.25, 0.3) is 0 Å². The molecule has 0 atom stereocenters. The topological polar surface area (TPSA) is 46.5 Å².